The van der Waals surface area contributed by atoms with E-state index in [0.717, 1.165) is 44.2 Å². The largest absolute Gasteiger partial charge is 0.481 e. The number of aliphatic carboxylic acids is 1. The number of benzene rings is 1. The zero-order chi connectivity index (χ0) is 18.5. The fourth-order valence-electron chi connectivity index (χ4n) is 4.09. The van der Waals surface area contributed by atoms with Gasteiger partial charge in [-0.1, -0.05) is 31.5 Å². The van der Waals surface area contributed by atoms with E-state index in [-0.39, 0.29) is 24.3 Å². The third kappa shape index (κ3) is 4.64. The predicted octanol–water partition coefficient (Wildman–Crippen LogP) is 3.18. The fourth-order valence-corrected chi connectivity index (χ4v) is 4.09. The zero-order valence-electron chi connectivity index (χ0n) is 15.6. The van der Waals surface area contributed by atoms with Crippen LogP contribution in [0.3, 0.4) is 0 Å². The summed E-state index contributed by atoms with van der Waals surface area (Å²) in [6.45, 7) is 4.27. The summed E-state index contributed by atoms with van der Waals surface area (Å²) in [6, 6.07) is 6.18. The molecular formula is C21H29NO4. The minimum atomic E-state index is -0.766. The average Bonchev–Trinajstić information content (AvgIpc) is 2.65. The first-order chi connectivity index (χ1) is 12.6. The lowest BCUT2D eigenvalue weighted by Gasteiger charge is -2.35. The van der Waals surface area contributed by atoms with Gasteiger partial charge in [0.2, 0.25) is 5.91 Å². The van der Waals surface area contributed by atoms with Crippen LogP contribution < -0.4 is 0 Å². The molecular weight excluding hydrogens is 330 g/mol. The van der Waals surface area contributed by atoms with E-state index in [9.17, 15) is 9.59 Å². The quantitative estimate of drug-likeness (QED) is 0.847. The first-order valence-electron chi connectivity index (χ1n) is 9.79. The van der Waals surface area contributed by atoms with Gasteiger partial charge in [-0.15, -0.1) is 0 Å². The number of rotatable bonds is 6. The van der Waals surface area contributed by atoms with E-state index in [2.05, 4.69) is 19.1 Å². The summed E-state index contributed by atoms with van der Waals surface area (Å²) in [5.74, 6) is -0.399. The van der Waals surface area contributed by atoms with Crippen molar-refractivity contribution in [2.24, 2.45) is 5.92 Å². The summed E-state index contributed by atoms with van der Waals surface area (Å²) in [5.41, 5.74) is 3.52. The molecule has 0 saturated carbocycles. The molecule has 1 aromatic rings. The molecule has 1 saturated heterocycles. The van der Waals surface area contributed by atoms with Crippen LogP contribution in [0.2, 0.25) is 0 Å². The van der Waals surface area contributed by atoms with E-state index in [1.165, 1.54) is 11.1 Å². The van der Waals surface area contributed by atoms with Gasteiger partial charge >= 0.3 is 5.97 Å². The van der Waals surface area contributed by atoms with E-state index in [1.54, 1.807) is 0 Å². The standard InChI is InChI=1S/C21H29NO4/c1-2-3-19-13-17(9-11-26-19)21(25)22-10-8-16-12-15(5-7-20(23)24)4-6-18(16)14-22/h4,6,12,17,19H,2-3,5,7-11,13-14H2,1H3,(H,23,24). The molecule has 1 N–H and O–H groups in total. The van der Waals surface area contributed by atoms with Crippen molar-refractivity contribution in [1.82, 2.24) is 4.90 Å². The van der Waals surface area contributed by atoms with Crippen LogP contribution in [0.4, 0.5) is 0 Å². The minimum Gasteiger partial charge on any atom is -0.481 e. The zero-order valence-corrected chi connectivity index (χ0v) is 15.6. The highest BCUT2D eigenvalue weighted by molar-refractivity contribution is 5.79. The van der Waals surface area contributed by atoms with Gasteiger partial charge in [0.1, 0.15) is 0 Å². The van der Waals surface area contributed by atoms with Gasteiger partial charge < -0.3 is 14.7 Å². The Bertz CT molecular complexity index is 655. The van der Waals surface area contributed by atoms with Crippen LogP contribution in [0, 0.1) is 5.92 Å². The van der Waals surface area contributed by atoms with Crippen molar-refractivity contribution in [1.29, 1.82) is 0 Å². The van der Waals surface area contributed by atoms with Crippen molar-refractivity contribution >= 4 is 11.9 Å². The first-order valence-corrected chi connectivity index (χ1v) is 9.79. The number of nitrogens with zero attached hydrogens (tertiary/aromatic N) is 1. The van der Waals surface area contributed by atoms with E-state index < -0.39 is 5.97 Å². The van der Waals surface area contributed by atoms with Gasteiger partial charge in [-0.05, 0) is 48.8 Å². The molecule has 2 heterocycles. The van der Waals surface area contributed by atoms with E-state index in [1.807, 2.05) is 11.0 Å². The molecule has 0 spiro atoms. The Kier molecular flexibility index (Phi) is 6.30. The van der Waals surface area contributed by atoms with Gasteiger partial charge in [-0.25, -0.2) is 0 Å². The van der Waals surface area contributed by atoms with Crippen LogP contribution in [0.5, 0.6) is 0 Å². The highest BCUT2D eigenvalue weighted by atomic mass is 16.5. The lowest BCUT2D eigenvalue weighted by molar-refractivity contribution is -0.142. The Balaban J connectivity index is 1.61. The maximum Gasteiger partial charge on any atom is 0.303 e. The summed E-state index contributed by atoms with van der Waals surface area (Å²) >= 11 is 0. The second-order valence-electron chi connectivity index (χ2n) is 7.51. The number of amides is 1. The summed E-state index contributed by atoms with van der Waals surface area (Å²) in [5, 5.41) is 8.83. The number of carbonyl (C=O) groups excluding carboxylic acids is 1. The van der Waals surface area contributed by atoms with Crippen molar-refractivity contribution < 1.29 is 19.4 Å². The predicted molar refractivity (Wildman–Crippen MR) is 98.9 cm³/mol. The Morgan fingerprint density at radius 2 is 2.15 bits per heavy atom. The number of hydrogen-bond acceptors (Lipinski definition) is 3. The maximum absolute atomic E-state index is 13.0. The normalized spacial score (nSPS) is 22.7. The number of carboxylic acid groups (broad SMARTS) is 1. The van der Waals surface area contributed by atoms with Gasteiger partial charge in [0.15, 0.2) is 0 Å². The van der Waals surface area contributed by atoms with Crippen LogP contribution in [-0.4, -0.2) is 41.1 Å². The third-order valence-electron chi connectivity index (χ3n) is 5.55. The topological polar surface area (TPSA) is 66.8 Å². The molecule has 1 amide bonds. The Labute approximate surface area is 155 Å². The molecule has 26 heavy (non-hydrogen) atoms. The number of carboxylic acids is 1. The van der Waals surface area contributed by atoms with Crippen molar-refractivity contribution in [3.63, 3.8) is 0 Å². The molecule has 0 radical (unpaired) electrons. The first kappa shape index (κ1) is 18.9. The molecule has 0 bridgehead atoms. The Morgan fingerprint density at radius 3 is 2.92 bits per heavy atom. The lowest BCUT2D eigenvalue weighted by atomic mass is 9.90. The van der Waals surface area contributed by atoms with Crippen LogP contribution >= 0.6 is 0 Å². The molecule has 2 aliphatic rings. The van der Waals surface area contributed by atoms with E-state index >= 15 is 0 Å². The summed E-state index contributed by atoms with van der Waals surface area (Å²) in [4.78, 5) is 25.7. The number of hydrogen-bond donors (Lipinski definition) is 1. The molecule has 2 atom stereocenters. The monoisotopic (exact) mass is 359 g/mol. The van der Waals surface area contributed by atoms with Crippen molar-refractivity contribution in [3.05, 3.63) is 34.9 Å². The summed E-state index contributed by atoms with van der Waals surface area (Å²) in [6.07, 6.45) is 5.61. The van der Waals surface area contributed by atoms with Crippen LogP contribution in [0.15, 0.2) is 18.2 Å². The Hall–Kier alpha value is -1.88. The number of ether oxygens (including phenoxy) is 1. The highest BCUT2D eigenvalue weighted by Gasteiger charge is 2.32. The smallest absolute Gasteiger partial charge is 0.303 e. The lowest BCUT2D eigenvalue weighted by Crippen LogP contribution is -2.42. The SMILES string of the molecule is CCCC1CC(C(=O)N2CCc3cc(CCC(=O)O)ccc3C2)CCO1. The number of aryl methyl sites for hydroxylation is 1. The maximum atomic E-state index is 13.0. The minimum absolute atomic E-state index is 0.0942. The molecule has 2 aliphatic heterocycles. The van der Waals surface area contributed by atoms with Crippen LogP contribution in [0.1, 0.15) is 55.7 Å². The van der Waals surface area contributed by atoms with Gasteiger partial charge in [0.05, 0.1) is 6.10 Å². The molecule has 5 heteroatoms. The van der Waals surface area contributed by atoms with Gasteiger partial charge in [0, 0.05) is 32.0 Å². The van der Waals surface area contributed by atoms with E-state index in [0.29, 0.717) is 19.6 Å². The van der Waals surface area contributed by atoms with Crippen molar-refractivity contribution in [2.75, 3.05) is 13.2 Å². The number of fused-ring (bicyclic) bond motifs is 1. The molecule has 3 rings (SSSR count). The third-order valence-corrected chi connectivity index (χ3v) is 5.55. The number of carbonyl (C=O) groups is 2. The van der Waals surface area contributed by atoms with Crippen LogP contribution in [-0.2, 0) is 33.7 Å². The highest BCUT2D eigenvalue weighted by Crippen LogP contribution is 2.28. The fraction of sp³-hybridized carbons (Fsp3) is 0.619. The second-order valence-corrected chi connectivity index (χ2v) is 7.51. The molecule has 0 aliphatic carbocycles. The summed E-state index contributed by atoms with van der Waals surface area (Å²) < 4.78 is 5.78. The molecule has 2 unspecified atom stereocenters. The molecule has 0 aromatic heterocycles. The van der Waals surface area contributed by atoms with Crippen molar-refractivity contribution in [2.45, 2.75) is 64.5 Å². The molecule has 1 aromatic carbocycles. The molecule has 1 fully saturated rings. The Morgan fingerprint density at radius 1 is 1.31 bits per heavy atom. The average molecular weight is 359 g/mol. The molecule has 142 valence electrons. The van der Waals surface area contributed by atoms with Crippen molar-refractivity contribution in [3.8, 4) is 0 Å². The second kappa shape index (κ2) is 8.67. The van der Waals surface area contributed by atoms with E-state index in [4.69, 9.17) is 9.84 Å². The van der Waals surface area contributed by atoms with Gasteiger partial charge in [-0.3, -0.25) is 9.59 Å². The molecule has 5 nitrogen and oxygen atoms in total. The van der Waals surface area contributed by atoms with Gasteiger partial charge in [-0.2, -0.15) is 0 Å². The van der Waals surface area contributed by atoms with Gasteiger partial charge in [0.25, 0.3) is 0 Å². The van der Waals surface area contributed by atoms with Crippen LogP contribution in [0.25, 0.3) is 0 Å². The summed E-state index contributed by atoms with van der Waals surface area (Å²) in [7, 11) is 0.